The maximum absolute atomic E-state index is 12.2. The lowest BCUT2D eigenvalue weighted by molar-refractivity contribution is -0.137. The molecule has 2 amide bonds. The van der Waals surface area contributed by atoms with Crippen molar-refractivity contribution in [2.45, 2.75) is 38.6 Å². The number of carboxylic acids is 1. The summed E-state index contributed by atoms with van der Waals surface area (Å²) in [5.74, 6) is -1.33. The van der Waals surface area contributed by atoms with Crippen LogP contribution in [0, 0.1) is 0 Å². The van der Waals surface area contributed by atoms with Gasteiger partial charge in [-0.15, -0.1) is 0 Å². The second-order valence-corrected chi connectivity index (χ2v) is 5.01. The van der Waals surface area contributed by atoms with Crippen molar-refractivity contribution in [3.63, 3.8) is 0 Å². The van der Waals surface area contributed by atoms with E-state index in [4.69, 9.17) is 5.11 Å². The van der Waals surface area contributed by atoms with E-state index >= 15 is 0 Å². The third-order valence-corrected chi connectivity index (χ3v) is 3.53. The minimum atomic E-state index is -0.821. The van der Waals surface area contributed by atoms with Crippen LogP contribution in [-0.2, 0) is 4.79 Å². The largest absolute Gasteiger partial charge is 0.481 e. The van der Waals surface area contributed by atoms with Gasteiger partial charge in [-0.25, -0.2) is 0 Å². The number of carboxylic acid groups (broad SMARTS) is 1. The van der Waals surface area contributed by atoms with E-state index in [9.17, 15) is 14.4 Å². The molecule has 20 heavy (non-hydrogen) atoms. The molecule has 0 spiro atoms. The van der Waals surface area contributed by atoms with E-state index in [-0.39, 0.29) is 24.3 Å². The number of fused-ring (bicyclic) bond motifs is 1. The van der Waals surface area contributed by atoms with Crippen LogP contribution in [0.3, 0.4) is 0 Å². The molecule has 1 aliphatic heterocycles. The molecule has 0 aromatic heterocycles. The van der Waals surface area contributed by atoms with E-state index in [2.05, 4.69) is 0 Å². The molecule has 106 valence electrons. The Morgan fingerprint density at radius 3 is 2.20 bits per heavy atom. The first-order valence-corrected chi connectivity index (χ1v) is 6.71. The van der Waals surface area contributed by atoms with Crippen LogP contribution < -0.4 is 0 Å². The number of amides is 2. The van der Waals surface area contributed by atoms with Gasteiger partial charge in [-0.1, -0.05) is 18.6 Å². The third kappa shape index (κ3) is 2.71. The molecule has 5 nitrogen and oxygen atoms in total. The summed E-state index contributed by atoms with van der Waals surface area (Å²) >= 11 is 0. The summed E-state index contributed by atoms with van der Waals surface area (Å²) in [6.07, 6.45) is 1.98. The fraction of sp³-hybridized carbons (Fsp3) is 0.400. The van der Waals surface area contributed by atoms with E-state index in [0.29, 0.717) is 30.4 Å². The van der Waals surface area contributed by atoms with E-state index in [1.165, 1.54) is 4.90 Å². The average molecular weight is 275 g/mol. The Balaban J connectivity index is 1.98. The van der Waals surface area contributed by atoms with Crippen LogP contribution in [0.15, 0.2) is 24.3 Å². The van der Waals surface area contributed by atoms with E-state index in [0.717, 1.165) is 0 Å². The fourth-order valence-electron chi connectivity index (χ4n) is 2.45. The standard InChI is InChI=1S/C15H17NO4/c1-10(6-2-5-9-13(17)18)16-14(19)11-7-3-4-8-12(11)15(16)20/h3-4,7-8,10H,2,5-6,9H2,1H3,(H,17,18)/t10-/m0/s1. The lowest BCUT2D eigenvalue weighted by Gasteiger charge is -2.22. The van der Waals surface area contributed by atoms with Gasteiger partial charge in [0.05, 0.1) is 11.1 Å². The Bertz CT molecular complexity index is 518. The van der Waals surface area contributed by atoms with E-state index in [1.54, 1.807) is 24.3 Å². The molecule has 1 N–H and O–H groups in total. The molecule has 0 bridgehead atoms. The van der Waals surface area contributed by atoms with Crippen molar-refractivity contribution in [3.05, 3.63) is 35.4 Å². The summed E-state index contributed by atoms with van der Waals surface area (Å²) in [6, 6.07) is 6.59. The van der Waals surface area contributed by atoms with Gasteiger partial charge in [0.25, 0.3) is 11.8 Å². The summed E-state index contributed by atoms with van der Waals surface area (Å²) in [5, 5.41) is 8.57. The lowest BCUT2D eigenvalue weighted by atomic mass is 10.1. The number of nitrogens with zero attached hydrogens (tertiary/aromatic N) is 1. The van der Waals surface area contributed by atoms with Gasteiger partial charge in [0.15, 0.2) is 0 Å². The molecular weight excluding hydrogens is 258 g/mol. The summed E-state index contributed by atoms with van der Waals surface area (Å²) in [5.41, 5.74) is 0.907. The maximum atomic E-state index is 12.2. The number of hydrogen-bond acceptors (Lipinski definition) is 3. The first kappa shape index (κ1) is 14.2. The van der Waals surface area contributed by atoms with Crippen molar-refractivity contribution >= 4 is 17.8 Å². The molecule has 5 heteroatoms. The second-order valence-electron chi connectivity index (χ2n) is 5.01. The number of aliphatic carboxylic acids is 1. The maximum Gasteiger partial charge on any atom is 0.303 e. The lowest BCUT2D eigenvalue weighted by Crippen LogP contribution is -2.37. The SMILES string of the molecule is C[C@@H](CCCCC(=O)O)N1C(=O)c2ccccc2C1=O. The van der Waals surface area contributed by atoms with Crippen molar-refractivity contribution in [1.29, 1.82) is 0 Å². The molecule has 0 aliphatic carbocycles. The van der Waals surface area contributed by atoms with Crippen LogP contribution in [0.5, 0.6) is 0 Å². The molecule has 1 aromatic carbocycles. The fourth-order valence-corrected chi connectivity index (χ4v) is 2.45. The second kappa shape index (κ2) is 5.86. The highest BCUT2D eigenvalue weighted by molar-refractivity contribution is 6.21. The van der Waals surface area contributed by atoms with Gasteiger partial charge in [0.2, 0.25) is 0 Å². The molecule has 1 heterocycles. The monoisotopic (exact) mass is 275 g/mol. The molecule has 2 rings (SSSR count). The summed E-state index contributed by atoms with van der Waals surface area (Å²) < 4.78 is 0. The molecule has 1 atom stereocenters. The number of imide groups is 1. The topological polar surface area (TPSA) is 74.7 Å². The van der Waals surface area contributed by atoms with Crippen molar-refractivity contribution < 1.29 is 19.5 Å². The van der Waals surface area contributed by atoms with E-state index in [1.807, 2.05) is 6.92 Å². The predicted octanol–water partition coefficient (Wildman–Crippen LogP) is 2.32. The Kier molecular flexibility index (Phi) is 4.17. The van der Waals surface area contributed by atoms with Gasteiger partial charge in [0.1, 0.15) is 0 Å². The number of carbonyl (C=O) groups is 3. The van der Waals surface area contributed by atoms with Gasteiger partial charge in [0, 0.05) is 12.5 Å². The number of unbranched alkanes of at least 4 members (excludes halogenated alkanes) is 1. The highest BCUT2D eigenvalue weighted by Crippen LogP contribution is 2.25. The highest BCUT2D eigenvalue weighted by Gasteiger charge is 2.37. The number of hydrogen-bond donors (Lipinski definition) is 1. The van der Waals surface area contributed by atoms with E-state index < -0.39 is 5.97 Å². The quantitative estimate of drug-likeness (QED) is 0.638. The van der Waals surface area contributed by atoms with Crippen LogP contribution in [-0.4, -0.2) is 33.8 Å². The minimum absolute atomic E-state index is 0.120. The smallest absolute Gasteiger partial charge is 0.303 e. The van der Waals surface area contributed by atoms with Crippen LogP contribution in [0.4, 0.5) is 0 Å². The van der Waals surface area contributed by atoms with Crippen molar-refractivity contribution in [1.82, 2.24) is 4.90 Å². The summed E-state index contributed by atoms with van der Waals surface area (Å²) in [6.45, 7) is 1.82. The van der Waals surface area contributed by atoms with Gasteiger partial charge < -0.3 is 5.11 Å². The zero-order valence-electron chi connectivity index (χ0n) is 11.3. The molecule has 0 saturated heterocycles. The molecule has 1 aromatic rings. The normalized spacial score (nSPS) is 15.3. The number of carbonyl (C=O) groups excluding carboxylic acids is 2. The predicted molar refractivity (Wildman–Crippen MR) is 72.5 cm³/mol. The van der Waals surface area contributed by atoms with Crippen LogP contribution in [0.25, 0.3) is 0 Å². The van der Waals surface area contributed by atoms with Crippen molar-refractivity contribution in [2.24, 2.45) is 0 Å². The van der Waals surface area contributed by atoms with Crippen molar-refractivity contribution in [3.8, 4) is 0 Å². The van der Waals surface area contributed by atoms with Gasteiger partial charge >= 0.3 is 5.97 Å². The molecular formula is C15H17NO4. The summed E-state index contributed by atoms with van der Waals surface area (Å²) in [7, 11) is 0. The average Bonchev–Trinajstić information content (AvgIpc) is 2.67. The minimum Gasteiger partial charge on any atom is -0.481 e. The summed E-state index contributed by atoms with van der Waals surface area (Å²) in [4.78, 5) is 36.1. The van der Waals surface area contributed by atoms with Gasteiger partial charge in [-0.2, -0.15) is 0 Å². The Morgan fingerprint density at radius 1 is 1.15 bits per heavy atom. The highest BCUT2D eigenvalue weighted by atomic mass is 16.4. The van der Waals surface area contributed by atoms with Crippen molar-refractivity contribution in [2.75, 3.05) is 0 Å². The van der Waals surface area contributed by atoms with Crippen LogP contribution in [0.2, 0.25) is 0 Å². The van der Waals surface area contributed by atoms with Crippen LogP contribution in [0.1, 0.15) is 53.3 Å². The molecule has 0 saturated carbocycles. The first-order valence-electron chi connectivity index (χ1n) is 6.71. The molecule has 0 radical (unpaired) electrons. The molecule has 1 aliphatic rings. The van der Waals surface area contributed by atoms with Crippen LogP contribution >= 0.6 is 0 Å². The Morgan fingerprint density at radius 2 is 1.70 bits per heavy atom. The Hall–Kier alpha value is -2.17. The zero-order chi connectivity index (χ0) is 14.7. The number of benzene rings is 1. The first-order chi connectivity index (χ1) is 9.52. The zero-order valence-corrected chi connectivity index (χ0v) is 11.3. The Labute approximate surface area is 117 Å². The van der Waals surface area contributed by atoms with Gasteiger partial charge in [-0.05, 0) is 31.9 Å². The number of rotatable bonds is 6. The molecule has 0 fully saturated rings. The molecule has 0 unspecified atom stereocenters. The third-order valence-electron chi connectivity index (χ3n) is 3.53. The van der Waals surface area contributed by atoms with Gasteiger partial charge in [-0.3, -0.25) is 19.3 Å².